The van der Waals surface area contributed by atoms with Crippen LogP contribution in [0.1, 0.15) is 11.6 Å². The third-order valence-corrected chi connectivity index (χ3v) is 2.78. The van der Waals surface area contributed by atoms with Gasteiger partial charge in [-0.15, -0.1) is 0 Å². The van der Waals surface area contributed by atoms with E-state index >= 15 is 0 Å². The molecule has 0 spiro atoms. The van der Waals surface area contributed by atoms with Crippen LogP contribution in [0.25, 0.3) is 0 Å². The molecule has 0 bridgehead atoms. The number of nitrogens with zero attached hydrogens (tertiary/aromatic N) is 1. The molecule has 2 rings (SSSR count). The molecule has 0 radical (unpaired) electrons. The van der Waals surface area contributed by atoms with Crippen LogP contribution in [0.2, 0.25) is 0 Å². The molecule has 0 aromatic carbocycles. The lowest BCUT2D eigenvalue weighted by Crippen LogP contribution is -2.54. The summed E-state index contributed by atoms with van der Waals surface area (Å²) < 4.78 is 5.00. The summed E-state index contributed by atoms with van der Waals surface area (Å²) in [5, 5.41) is 44.3. The van der Waals surface area contributed by atoms with E-state index in [-0.39, 0.29) is 0 Å². The fraction of sp³-hybridized carbons (Fsp3) is 0.667. The van der Waals surface area contributed by atoms with Crippen LogP contribution in [-0.2, 0) is 4.74 Å². The van der Waals surface area contributed by atoms with Gasteiger partial charge in [-0.1, -0.05) is 0 Å². The van der Waals surface area contributed by atoms with E-state index < -0.39 is 37.1 Å². The summed E-state index contributed by atoms with van der Waals surface area (Å²) >= 11 is 0. The number of ether oxygens (including phenoxy) is 1. The average molecular weight is 230 g/mol. The maximum atomic E-state index is 9.83. The second-order valence-electron chi connectivity index (χ2n) is 3.77. The fourth-order valence-electron chi connectivity index (χ4n) is 1.89. The number of nitrogens with one attached hydrogen (secondary N) is 1. The van der Waals surface area contributed by atoms with Gasteiger partial charge >= 0.3 is 0 Å². The van der Waals surface area contributed by atoms with Gasteiger partial charge in [0.2, 0.25) is 0 Å². The molecule has 1 aliphatic rings. The monoisotopic (exact) mass is 230 g/mol. The molecule has 5 atom stereocenters. The Morgan fingerprint density at radius 2 is 2.06 bits per heavy atom. The first-order valence-corrected chi connectivity index (χ1v) is 4.95. The Kier molecular flexibility index (Phi) is 3.22. The molecule has 90 valence electrons. The smallest absolute Gasteiger partial charge is 0.166 e. The molecular formula is C9H14N2O5. The van der Waals surface area contributed by atoms with Gasteiger partial charge in [-0.2, -0.15) is 5.10 Å². The van der Waals surface area contributed by atoms with E-state index in [1.54, 1.807) is 6.07 Å². The Bertz CT molecular complexity index is 331. The largest absolute Gasteiger partial charge is 0.394 e. The maximum absolute atomic E-state index is 9.83. The molecule has 2 heterocycles. The number of rotatable bonds is 2. The highest BCUT2D eigenvalue weighted by Gasteiger charge is 2.44. The van der Waals surface area contributed by atoms with Gasteiger partial charge in [-0.25, -0.2) is 0 Å². The molecule has 7 heteroatoms. The van der Waals surface area contributed by atoms with Crippen LogP contribution in [0.4, 0.5) is 0 Å². The predicted octanol–water partition coefficient (Wildman–Crippen LogP) is -2.08. The van der Waals surface area contributed by atoms with Gasteiger partial charge in [-0.3, -0.25) is 5.10 Å². The van der Waals surface area contributed by atoms with Crippen molar-refractivity contribution in [3.63, 3.8) is 0 Å². The topological polar surface area (TPSA) is 119 Å². The van der Waals surface area contributed by atoms with E-state index in [1.807, 2.05) is 0 Å². The lowest BCUT2D eigenvalue weighted by molar-refractivity contribution is -0.252. The van der Waals surface area contributed by atoms with E-state index in [0.717, 1.165) is 0 Å². The van der Waals surface area contributed by atoms with Crippen LogP contribution in [0, 0.1) is 0 Å². The number of aromatic nitrogens is 2. The van der Waals surface area contributed by atoms with Gasteiger partial charge in [0.05, 0.1) is 18.6 Å². The highest BCUT2D eigenvalue weighted by atomic mass is 16.6. The van der Waals surface area contributed by atoms with Crippen molar-refractivity contribution >= 4 is 0 Å². The normalized spacial score (nSPS) is 39.9. The van der Waals surface area contributed by atoms with Crippen molar-refractivity contribution in [1.82, 2.24) is 10.2 Å². The summed E-state index contributed by atoms with van der Waals surface area (Å²) in [4.78, 5) is 0. The Morgan fingerprint density at radius 1 is 1.31 bits per heavy atom. The van der Waals surface area contributed by atoms with Crippen LogP contribution in [0.3, 0.4) is 0 Å². The van der Waals surface area contributed by atoms with Crippen LogP contribution >= 0.6 is 0 Å². The highest BCUT2D eigenvalue weighted by Crippen LogP contribution is 2.31. The van der Waals surface area contributed by atoms with Crippen molar-refractivity contribution in [2.24, 2.45) is 0 Å². The predicted molar refractivity (Wildman–Crippen MR) is 51.3 cm³/mol. The van der Waals surface area contributed by atoms with Gasteiger partial charge in [-0.05, 0) is 6.07 Å². The molecule has 0 amide bonds. The van der Waals surface area contributed by atoms with Crippen molar-refractivity contribution in [3.8, 4) is 0 Å². The van der Waals surface area contributed by atoms with Crippen LogP contribution in [0.5, 0.6) is 0 Å². The van der Waals surface area contributed by atoms with Crippen molar-refractivity contribution < 1.29 is 25.2 Å². The summed E-state index contributed by atoms with van der Waals surface area (Å²) in [6.07, 6.45) is -3.28. The zero-order chi connectivity index (χ0) is 11.7. The molecule has 1 aromatic rings. The molecule has 1 aromatic heterocycles. The lowest BCUT2D eigenvalue weighted by atomic mass is 9.88. The molecule has 0 aliphatic carbocycles. The minimum Gasteiger partial charge on any atom is -0.394 e. The quantitative estimate of drug-likeness (QED) is 0.398. The van der Waals surface area contributed by atoms with Gasteiger partial charge in [0.25, 0.3) is 0 Å². The number of H-pyrrole nitrogens is 1. The Labute approximate surface area is 91.3 Å². The molecule has 1 saturated heterocycles. The highest BCUT2D eigenvalue weighted by molar-refractivity contribution is 5.12. The third kappa shape index (κ3) is 1.83. The molecule has 0 saturated carbocycles. The molecule has 1 fully saturated rings. The third-order valence-electron chi connectivity index (χ3n) is 2.78. The van der Waals surface area contributed by atoms with Crippen LogP contribution < -0.4 is 0 Å². The van der Waals surface area contributed by atoms with Gasteiger partial charge < -0.3 is 25.2 Å². The molecule has 2 unspecified atom stereocenters. The number of aliphatic hydroxyl groups is 4. The van der Waals surface area contributed by atoms with E-state index in [0.29, 0.717) is 5.69 Å². The first-order valence-electron chi connectivity index (χ1n) is 4.95. The summed E-state index contributed by atoms with van der Waals surface area (Å²) in [6.45, 7) is -0.467. The van der Waals surface area contributed by atoms with Crippen molar-refractivity contribution in [1.29, 1.82) is 0 Å². The molecular weight excluding hydrogens is 216 g/mol. The molecule has 1 aliphatic heterocycles. The molecule has 7 nitrogen and oxygen atoms in total. The van der Waals surface area contributed by atoms with Gasteiger partial charge in [0.1, 0.15) is 12.2 Å². The minimum absolute atomic E-state index is 0.467. The fourth-order valence-corrected chi connectivity index (χ4v) is 1.89. The second-order valence-corrected chi connectivity index (χ2v) is 3.77. The average Bonchev–Trinajstić information content (AvgIpc) is 2.77. The van der Waals surface area contributed by atoms with Crippen LogP contribution in [-0.4, -0.2) is 61.8 Å². The minimum atomic E-state index is -1.30. The molecule has 5 N–H and O–H groups in total. The van der Waals surface area contributed by atoms with E-state index in [2.05, 4.69) is 10.2 Å². The Hall–Kier alpha value is -0.990. The van der Waals surface area contributed by atoms with Gasteiger partial charge in [0.15, 0.2) is 6.29 Å². The molecule has 16 heavy (non-hydrogen) atoms. The van der Waals surface area contributed by atoms with E-state index in [9.17, 15) is 15.3 Å². The zero-order valence-corrected chi connectivity index (χ0v) is 8.39. The SMILES string of the molecule is OC[C@H]1OC(O)C(c2ccn[nH]2)[C@@H](O)[C@H]1O. The van der Waals surface area contributed by atoms with E-state index in [4.69, 9.17) is 9.84 Å². The first-order chi connectivity index (χ1) is 7.65. The number of hydrogen-bond donors (Lipinski definition) is 5. The maximum Gasteiger partial charge on any atom is 0.166 e. The second kappa shape index (κ2) is 4.48. The number of hydrogen-bond acceptors (Lipinski definition) is 6. The van der Waals surface area contributed by atoms with Crippen LogP contribution in [0.15, 0.2) is 12.3 Å². The zero-order valence-electron chi connectivity index (χ0n) is 8.39. The standard InChI is InChI=1S/C9H14N2O5/c12-3-5-7(13)8(14)6(9(15)16-5)4-1-2-10-11-4/h1-2,5-9,12-15H,3H2,(H,10,11)/t5-,6?,7+,8-,9?/m1/s1. The van der Waals surface area contributed by atoms with E-state index in [1.165, 1.54) is 6.20 Å². The summed E-state index contributed by atoms with van der Waals surface area (Å²) in [6, 6.07) is 1.58. The summed E-state index contributed by atoms with van der Waals surface area (Å²) in [5.74, 6) is -0.805. The first kappa shape index (κ1) is 11.5. The van der Waals surface area contributed by atoms with Crippen molar-refractivity contribution in [3.05, 3.63) is 18.0 Å². The van der Waals surface area contributed by atoms with Gasteiger partial charge in [0, 0.05) is 11.9 Å². The number of aliphatic hydroxyl groups excluding tert-OH is 4. The van der Waals surface area contributed by atoms with Crippen molar-refractivity contribution in [2.45, 2.75) is 30.5 Å². The summed E-state index contributed by atoms with van der Waals surface area (Å²) in [5.41, 5.74) is 0.468. The Balaban J connectivity index is 2.21. The lowest BCUT2D eigenvalue weighted by Gasteiger charge is -2.39. The Morgan fingerprint density at radius 3 is 2.62 bits per heavy atom. The summed E-state index contributed by atoms with van der Waals surface area (Å²) in [7, 11) is 0. The van der Waals surface area contributed by atoms with Crippen molar-refractivity contribution in [2.75, 3.05) is 6.61 Å². The number of aromatic amines is 1.